The Hall–Kier alpha value is -1.83. The third-order valence-corrected chi connectivity index (χ3v) is 6.25. The summed E-state index contributed by atoms with van der Waals surface area (Å²) in [6, 6.07) is 9.67. The number of thiophene rings is 1. The fourth-order valence-corrected chi connectivity index (χ4v) is 4.51. The van der Waals surface area contributed by atoms with Crippen molar-refractivity contribution < 1.29 is 14.3 Å². The number of rotatable bonds is 8. The predicted octanol–water partition coefficient (Wildman–Crippen LogP) is 5.34. The minimum Gasteiger partial charge on any atom is -0.493 e. The highest BCUT2D eigenvalue weighted by Gasteiger charge is 2.32. The molecule has 0 N–H and O–H groups in total. The SMILES string of the molecule is CCCCOc1ccc(C=C2SC(=S)N(Cc3cccs3)C2=O)cc1OC. The molecule has 2 heterocycles. The molecule has 0 bridgehead atoms. The molecule has 4 nitrogen and oxygen atoms in total. The van der Waals surface area contributed by atoms with E-state index in [-0.39, 0.29) is 5.91 Å². The lowest BCUT2D eigenvalue weighted by atomic mass is 10.2. The molecule has 3 rings (SSSR count). The predicted molar refractivity (Wildman–Crippen MR) is 116 cm³/mol. The van der Waals surface area contributed by atoms with Crippen molar-refractivity contribution in [2.45, 2.75) is 26.3 Å². The Balaban J connectivity index is 1.75. The van der Waals surface area contributed by atoms with E-state index in [1.165, 1.54) is 11.8 Å². The number of carbonyl (C=O) groups is 1. The third kappa shape index (κ3) is 4.91. The standard InChI is InChI=1S/C20H21NO3S3/c1-3-4-9-24-16-8-7-14(11-17(16)23-2)12-18-19(22)21(20(25)27-18)13-15-6-5-10-26-15/h5-8,10-12H,3-4,9,13H2,1-2H3. The number of carbonyl (C=O) groups excluding carboxylic acids is 1. The summed E-state index contributed by atoms with van der Waals surface area (Å²) in [5.74, 6) is 1.32. The van der Waals surface area contributed by atoms with Crippen LogP contribution in [0.5, 0.6) is 11.5 Å². The Morgan fingerprint density at radius 1 is 1.26 bits per heavy atom. The molecule has 2 aromatic rings. The minimum atomic E-state index is -0.0550. The van der Waals surface area contributed by atoms with Crippen LogP contribution in [0.2, 0.25) is 0 Å². The zero-order valence-corrected chi connectivity index (χ0v) is 17.7. The van der Waals surface area contributed by atoms with E-state index in [2.05, 4.69) is 6.92 Å². The first-order chi connectivity index (χ1) is 13.1. The van der Waals surface area contributed by atoms with Crippen LogP contribution in [0, 0.1) is 0 Å². The largest absolute Gasteiger partial charge is 0.493 e. The number of ether oxygens (including phenoxy) is 2. The van der Waals surface area contributed by atoms with Crippen LogP contribution in [0.4, 0.5) is 0 Å². The van der Waals surface area contributed by atoms with Crippen molar-refractivity contribution in [1.82, 2.24) is 4.90 Å². The minimum absolute atomic E-state index is 0.0550. The van der Waals surface area contributed by atoms with Crippen molar-refractivity contribution in [3.8, 4) is 11.5 Å². The first-order valence-electron chi connectivity index (χ1n) is 8.71. The highest BCUT2D eigenvalue weighted by atomic mass is 32.2. The van der Waals surface area contributed by atoms with Gasteiger partial charge in [-0.3, -0.25) is 9.69 Å². The average molecular weight is 420 g/mol. The Labute approximate surface area is 173 Å². The van der Waals surface area contributed by atoms with Gasteiger partial charge in [-0.1, -0.05) is 49.5 Å². The molecule has 1 aliphatic rings. The molecule has 142 valence electrons. The molecule has 1 aromatic carbocycles. The van der Waals surface area contributed by atoms with Crippen LogP contribution in [0.15, 0.2) is 40.6 Å². The lowest BCUT2D eigenvalue weighted by molar-refractivity contribution is -0.122. The maximum atomic E-state index is 12.7. The molecule has 1 aromatic heterocycles. The molecule has 0 atom stereocenters. The van der Waals surface area contributed by atoms with Crippen LogP contribution in [-0.4, -0.2) is 28.8 Å². The molecule has 0 unspecified atom stereocenters. The zero-order chi connectivity index (χ0) is 19.2. The van der Waals surface area contributed by atoms with Crippen molar-refractivity contribution in [2.75, 3.05) is 13.7 Å². The second-order valence-electron chi connectivity index (χ2n) is 5.96. The monoisotopic (exact) mass is 419 g/mol. The number of nitrogens with zero attached hydrogens (tertiary/aromatic N) is 1. The number of methoxy groups -OCH3 is 1. The number of unbranched alkanes of at least 4 members (excludes halogenated alkanes) is 1. The van der Waals surface area contributed by atoms with Gasteiger partial charge in [0.2, 0.25) is 0 Å². The lowest BCUT2D eigenvalue weighted by Crippen LogP contribution is -2.26. The summed E-state index contributed by atoms with van der Waals surface area (Å²) >= 11 is 8.36. The first-order valence-corrected chi connectivity index (χ1v) is 10.8. The second kappa shape index (κ2) is 9.39. The number of thioether (sulfide) groups is 1. The highest BCUT2D eigenvalue weighted by Crippen LogP contribution is 2.35. The molecule has 1 fully saturated rings. The zero-order valence-electron chi connectivity index (χ0n) is 15.3. The number of benzene rings is 1. The Morgan fingerprint density at radius 2 is 2.11 bits per heavy atom. The maximum absolute atomic E-state index is 12.7. The van der Waals surface area contributed by atoms with Crippen LogP contribution in [0.3, 0.4) is 0 Å². The number of thiocarbonyl (C=S) groups is 1. The van der Waals surface area contributed by atoms with E-state index in [1.807, 2.05) is 41.8 Å². The van der Waals surface area contributed by atoms with Crippen molar-refractivity contribution in [2.24, 2.45) is 0 Å². The molecule has 0 saturated carbocycles. The van der Waals surface area contributed by atoms with Gasteiger partial charge in [0.05, 0.1) is 25.2 Å². The van der Waals surface area contributed by atoms with Crippen molar-refractivity contribution >= 4 is 51.6 Å². The van der Waals surface area contributed by atoms with Gasteiger partial charge in [0, 0.05) is 4.88 Å². The van der Waals surface area contributed by atoms with Gasteiger partial charge in [0.25, 0.3) is 5.91 Å². The normalized spacial score (nSPS) is 15.6. The maximum Gasteiger partial charge on any atom is 0.266 e. The van der Waals surface area contributed by atoms with Crippen LogP contribution in [0.25, 0.3) is 6.08 Å². The van der Waals surface area contributed by atoms with Crippen molar-refractivity contribution in [3.05, 3.63) is 51.1 Å². The van der Waals surface area contributed by atoms with E-state index in [0.717, 1.165) is 23.3 Å². The summed E-state index contributed by atoms with van der Waals surface area (Å²) in [5.41, 5.74) is 0.881. The Bertz CT molecular complexity index is 846. The van der Waals surface area contributed by atoms with Gasteiger partial charge in [-0.15, -0.1) is 11.3 Å². The smallest absolute Gasteiger partial charge is 0.266 e. The van der Waals surface area contributed by atoms with Gasteiger partial charge in [-0.05, 0) is 41.6 Å². The van der Waals surface area contributed by atoms with E-state index in [4.69, 9.17) is 21.7 Å². The molecule has 0 spiro atoms. The van der Waals surface area contributed by atoms with Crippen molar-refractivity contribution in [3.63, 3.8) is 0 Å². The van der Waals surface area contributed by atoms with Gasteiger partial charge < -0.3 is 9.47 Å². The van der Waals surface area contributed by atoms with Crippen LogP contribution in [0.1, 0.15) is 30.2 Å². The third-order valence-electron chi connectivity index (χ3n) is 4.01. The average Bonchev–Trinajstić information content (AvgIpc) is 3.27. The molecule has 1 amide bonds. The number of hydrogen-bond acceptors (Lipinski definition) is 6. The highest BCUT2D eigenvalue weighted by molar-refractivity contribution is 8.26. The van der Waals surface area contributed by atoms with Gasteiger partial charge in [-0.2, -0.15) is 0 Å². The van der Waals surface area contributed by atoms with Gasteiger partial charge >= 0.3 is 0 Å². The van der Waals surface area contributed by atoms with Gasteiger partial charge in [-0.25, -0.2) is 0 Å². The van der Waals surface area contributed by atoms with Gasteiger partial charge in [0.15, 0.2) is 11.5 Å². The van der Waals surface area contributed by atoms with E-state index >= 15 is 0 Å². The molecule has 27 heavy (non-hydrogen) atoms. The Morgan fingerprint density at radius 3 is 2.81 bits per heavy atom. The summed E-state index contributed by atoms with van der Waals surface area (Å²) in [7, 11) is 1.62. The summed E-state index contributed by atoms with van der Waals surface area (Å²) in [4.78, 5) is 16.1. The topological polar surface area (TPSA) is 38.8 Å². The number of amides is 1. The second-order valence-corrected chi connectivity index (χ2v) is 8.67. The molecule has 7 heteroatoms. The molecule has 1 saturated heterocycles. The lowest BCUT2D eigenvalue weighted by Gasteiger charge is -2.12. The van der Waals surface area contributed by atoms with Crippen molar-refractivity contribution in [1.29, 1.82) is 0 Å². The first kappa shape index (κ1) is 19.9. The summed E-state index contributed by atoms with van der Waals surface area (Å²) in [6.07, 6.45) is 3.93. The molecule has 0 radical (unpaired) electrons. The summed E-state index contributed by atoms with van der Waals surface area (Å²) in [6.45, 7) is 3.30. The summed E-state index contributed by atoms with van der Waals surface area (Å²) < 4.78 is 11.8. The van der Waals surface area contributed by atoms with Crippen LogP contribution < -0.4 is 9.47 Å². The quantitative estimate of drug-likeness (QED) is 0.328. The molecule has 0 aliphatic carbocycles. The number of hydrogen-bond donors (Lipinski definition) is 0. The van der Waals surface area contributed by atoms with E-state index in [0.29, 0.717) is 33.9 Å². The van der Waals surface area contributed by atoms with Crippen LogP contribution >= 0.6 is 35.3 Å². The van der Waals surface area contributed by atoms with Crippen LogP contribution in [-0.2, 0) is 11.3 Å². The fraction of sp³-hybridized carbons (Fsp3) is 0.300. The van der Waals surface area contributed by atoms with E-state index < -0.39 is 0 Å². The summed E-state index contributed by atoms with van der Waals surface area (Å²) in [5, 5.41) is 2.00. The molecular formula is C20H21NO3S3. The van der Waals surface area contributed by atoms with Gasteiger partial charge in [0.1, 0.15) is 4.32 Å². The van der Waals surface area contributed by atoms with E-state index in [1.54, 1.807) is 23.3 Å². The molecular weight excluding hydrogens is 398 g/mol. The fourth-order valence-electron chi connectivity index (χ4n) is 2.57. The molecule has 1 aliphatic heterocycles. The van der Waals surface area contributed by atoms with E-state index in [9.17, 15) is 4.79 Å². The Kier molecular flexibility index (Phi) is 6.93.